The average Bonchev–Trinajstić information content (AvgIpc) is 2.92. The van der Waals surface area contributed by atoms with Gasteiger partial charge >= 0.3 is 0 Å². The van der Waals surface area contributed by atoms with Gasteiger partial charge in [0.1, 0.15) is 11.1 Å². The number of fused-ring (bicyclic) bond motifs is 1. The molecule has 0 atom stereocenters. The van der Waals surface area contributed by atoms with E-state index in [1.165, 1.54) is 11.9 Å². The predicted octanol–water partition coefficient (Wildman–Crippen LogP) is 2.53. The van der Waals surface area contributed by atoms with Crippen LogP contribution >= 0.6 is 0 Å². The number of nitrogens with one attached hydrogen (secondary N) is 1. The molecule has 1 N–H and O–H groups in total. The number of amides is 1. The van der Waals surface area contributed by atoms with E-state index in [4.69, 9.17) is 4.42 Å². The molecule has 0 spiro atoms. The third-order valence-electron chi connectivity index (χ3n) is 4.03. The summed E-state index contributed by atoms with van der Waals surface area (Å²) in [7, 11) is 1.73. The largest absolute Gasteiger partial charge is 0.442 e. The number of aryl methyl sites for hydroxylation is 2. The number of furan rings is 1. The molecule has 1 amide bonds. The molecular formula is C18H19N3O3. The van der Waals surface area contributed by atoms with Crippen LogP contribution in [0.25, 0.3) is 11.1 Å². The van der Waals surface area contributed by atoms with Crippen LogP contribution in [0.3, 0.4) is 0 Å². The van der Waals surface area contributed by atoms with Crippen molar-refractivity contribution in [3.63, 3.8) is 0 Å². The van der Waals surface area contributed by atoms with Crippen molar-refractivity contribution >= 4 is 17.0 Å². The fourth-order valence-electron chi connectivity index (χ4n) is 2.77. The van der Waals surface area contributed by atoms with Gasteiger partial charge in [0.05, 0.1) is 11.9 Å². The zero-order chi connectivity index (χ0) is 17.1. The van der Waals surface area contributed by atoms with Crippen LogP contribution in [0.5, 0.6) is 0 Å². The van der Waals surface area contributed by atoms with Crippen LogP contribution in [0.1, 0.15) is 28.1 Å². The van der Waals surface area contributed by atoms with Crippen LogP contribution in [0.15, 0.2) is 45.9 Å². The smallest absolute Gasteiger partial charge is 0.262 e. The van der Waals surface area contributed by atoms with Crippen molar-refractivity contribution in [2.45, 2.75) is 19.8 Å². The van der Waals surface area contributed by atoms with Gasteiger partial charge in [-0.15, -0.1) is 0 Å². The van der Waals surface area contributed by atoms with Gasteiger partial charge in [-0.25, -0.2) is 4.98 Å². The predicted molar refractivity (Wildman–Crippen MR) is 91.1 cm³/mol. The summed E-state index contributed by atoms with van der Waals surface area (Å²) in [6.45, 7) is 2.27. The number of carbonyl (C=O) groups excluding carboxylic acids is 1. The minimum atomic E-state index is -0.363. The molecule has 2 aromatic heterocycles. The zero-order valence-corrected chi connectivity index (χ0v) is 13.7. The third kappa shape index (κ3) is 3.08. The lowest BCUT2D eigenvalue weighted by atomic mass is 10.1. The van der Waals surface area contributed by atoms with E-state index in [0.717, 1.165) is 12.8 Å². The Hall–Kier alpha value is -2.89. The van der Waals surface area contributed by atoms with E-state index in [1.807, 2.05) is 18.2 Å². The number of hydrogen-bond donors (Lipinski definition) is 1. The van der Waals surface area contributed by atoms with Crippen LogP contribution < -0.4 is 5.56 Å². The maximum Gasteiger partial charge on any atom is 0.262 e. The van der Waals surface area contributed by atoms with Crippen LogP contribution in [-0.4, -0.2) is 34.4 Å². The number of aromatic amines is 1. The molecule has 6 nitrogen and oxygen atoms in total. The molecule has 0 aliphatic heterocycles. The maximum atomic E-state index is 12.7. The highest BCUT2D eigenvalue weighted by Gasteiger charge is 2.23. The summed E-state index contributed by atoms with van der Waals surface area (Å²) in [5, 5.41) is 0.218. The summed E-state index contributed by atoms with van der Waals surface area (Å²) in [6.07, 6.45) is 3.01. The second kappa shape index (κ2) is 6.70. The highest BCUT2D eigenvalue weighted by Crippen LogP contribution is 2.21. The standard InChI is InChI=1S/C18H19N3O3/c1-12-14(15-16(22)19-11-20-17(15)24-12)18(23)21(2)10-6-9-13-7-4-3-5-8-13/h3-5,7-8,11H,6,9-10H2,1-2H3,(H,19,20,22). The Balaban J connectivity index is 1.74. The van der Waals surface area contributed by atoms with Gasteiger partial charge in [-0.1, -0.05) is 30.3 Å². The first-order valence-electron chi connectivity index (χ1n) is 7.84. The molecule has 1 aromatic carbocycles. The molecule has 0 bridgehead atoms. The number of aromatic nitrogens is 2. The maximum absolute atomic E-state index is 12.7. The third-order valence-corrected chi connectivity index (χ3v) is 4.03. The highest BCUT2D eigenvalue weighted by atomic mass is 16.3. The molecule has 0 aliphatic carbocycles. The molecule has 0 aliphatic rings. The summed E-state index contributed by atoms with van der Waals surface area (Å²) >= 11 is 0. The quantitative estimate of drug-likeness (QED) is 0.782. The Bertz CT molecular complexity index is 912. The molecule has 2 heterocycles. The molecule has 0 saturated carbocycles. The van der Waals surface area contributed by atoms with Crippen LogP contribution in [0, 0.1) is 6.92 Å². The Labute approximate surface area is 139 Å². The second-order valence-electron chi connectivity index (χ2n) is 5.76. The summed E-state index contributed by atoms with van der Waals surface area (Å²) in [4.78, 5) is 32.8. The van der Waals surface area contributed by atoms with E-state index in [-0.39, 0.29) is 22.6 Å². The monoisotopic (exact) mass is 325 g/mol. The Morgan fingerprint density at radius 3 is 2.79 bits per heavy atom. The van der Waals surface area contributed by atoms with E-state index in [0.29, 0.717) is 17.9 Å². The van der Waals surface area contributed by atoms with Gasteiger partial charge in [-0.2, -0.15) is 0 Å². The SMILES string of the molecule is Cc1oc2nc[nH]c(=O)c2c1C(=O)N(C)CCCc1ccccc1. The number of rotatable bonds is 5. The second-order valence-corrected chi connectivity index (χ2v) is 5.76. The van der Waals surface area contributed by atoms with Crippen LogP contribution in [0.4, 0.5) is 0 Å². The first-order chi connectivity index (χ1) is 11.6. The number of benzene rings is 1. The number of H-pyrrole nitrogens is 1. The van der Waals surface area contributed by atoms with Crippen molar-refractivity contribution in [3.05, 3.63) is 63.9 Å². The van der Waals surface area contributed by atoms with E-state index >= 15 is 0 Å². The van der Waals surface area contributed by atoms with Gasteiger partial charge in [0, 0.05) is 13.6 Å². The van der Waals surface area contributed by atoms with Crippen molar-refractivity contribution in [2.24, 2.45) is 0 Å². The highest BCUT2D eigenvalue weighted by molar-refractivity contribution is 6.06. The minimum absolute atomic E-state index is 0.192. The lowest BCUT2D eigenvalue weighted by molar-refractivity contribution is 0.0793. The molecule has 24 heavy (non-hydrogen) atoms. The fourth-order valence-corrected chi connectivity index (χ4v) is 2.77. The van der Waals surface area contributed by atoms with E-state index in [9.17, 15) is 9.59 Å². The Morgan fingerprint density at radius 1 is 1.29 bits per heavy atom. The molecule has 3 aromatic rings. The molecule has 124 valence electrons. The topological polar surface area (TPSA) is 79.2 Å². The lowest BCUT2D eigenvalue weighted by Gasteiger charge is -2.16. The van der Waals surface area contributed by atoms with Crippen molar-refractivity contribution in [2.75, 3.05) is 13.6 Å². The molecule has 0 radical (unpaired) electrons. The lowest BCUT2D eigenvalue weighted by Crippen LogP contribution is -2.29. The van der Waals surface area contributed by atoms with E-state index in [2.05, 4.69) is 22.1 Å². The molecule has 6 heteroatoms. The molecule has 0 unspecified atom stereocenters. The first kappa shape index (κ1) is 16.0. The van der Waals surface area contributed by atoms with Crippen molar-refractivity contribution in [3.8, 4) is 0 Å². The zero-order valence-electron chi connectivity index (χ0n) is 13.7. The Kier molecular flexibility index (Phi) is 4.46. The normalized spacial score (nSPS) is 10.9. The molecule has 3 rings (SSSR count). The summed E-state index contributed by atoms with van der Waals surface area (Å²) in [5.41, 5.74) is 1.36. The van der Waals surface area contributed by atoms with Gasteiger partial charge in [-0.05, 0) is 25.3 Å². The van der Waals surface area contributed by atoms with Crippen LogP contribution in [-0.2, 0) is 6.42 Å². The van der Waals surface area contributed by atoms with Gasteiger partial charge < -0.3 is 14.3 Å². The van der Waals surface area contributed by atoms with Crippen molar-refractivity contribution in [1.29, 1.82) is 0 Å². The van der Waals surface area contributed by atoms with E-state index < -0.39 is 0 Å². The summed E-state index contributed by atoms with van der Waals surface area (Å²) in [5.74, 6) is 0.187. The molecule has 0 saturated heterocycles. The fraction of sp³-hybridized carbons (Fsp3) is 0.278. The minimum Gasteiger partial charge on any atom is -0.442 e. The van der Waals surface area contributed by atoms with Gasteiger partial charge in [0.15, 0.2) is 0 Å². The summed E-state index contributed by atoms with van der Waals surface area (Å²) < 4.78 is 5.45. The summed E-state index contributed by atoms with van der Waals surface area (Å²) in [6, 6.07) is 10.1. The number of nitrogens with zero attached hydrogens (tertiary/aromatic N) is 2. The van der Waals surface area contributed by atoms with Gasteiger partial charge in [0.25, 0.3) is 11.5 Å². The number of hydrogen-bond acceptors (Lipinski definition) is 4. The average molecular weight is 325 g/mol. The molecule has 0 fully saturated rings. The van der Waals surface area contributed by atoms with Gasteiger partial charge in [-0.3, -0.25) is 9.59 Å². The van der Waals surface area contributed by atoms with Crippen molar-refractivity contribution < 1.29 is 9.21 Å². The van der Waals surface area contributed by atoms with Gasteiger partial charge in [0.2, 0.25) is 5.71 Å². The van der Waals surface area contributed by atoms with Crippen molar-refractivity contribution in [1.82, 2.24) is 14.9 Å². The van der Waals surface area contributed by atoms with Crippen LogP contribution in [0.2, 0.25) is 0 Å². The molecular weight excluding hydrogens is 306 g/mol. The number of carbonyl (C=O) groups is 1. The first-order valence-corrected chi connectivity index (χ1v) is 7.84. The Morgan fingerprint density at radius 2 is 2.04 bits per heavy atom. The van der Waals surface area contributed by atoms with E-state index in [1.54, 1.807) is 18.9 Å².